The molecule has 110 valence electrons. The highest BCUT2D eigenvalue weighted by Gasteiger charge is 2.50. The summed E-state index contributed by atoms with van der Waals surface area (Å²) in [5.74, 6) is -0.708. The van der Waals surface area contributed by atoms with E-state index >= 15 is 0 Å². The summed E-state index contributed by atoms with van der Waals surface area (Å²) < 4.78 is 26.3. The van der Waals surface area contributed by atoms with E-state index in [0.717, 1.165) is 25.7 Å². The Labute approximate surface area is 115 Å². The van der Waals surface area contributed by atoms with Crippen LogP contribution in [0.2, 0.25) is 0 Å². The molecule has 1 aliphatic carbocycles. The quantitative estimate of drug-likeness (QED) is 0.854. The molecular weight excluding hydrogens is 266 g/mol. The number of hydrogen-bond acceptors (Lipinski definition) is 3. The van der Waals surface area contributed by atoms with Gasteiger partial charge in [-0.2, -0.15) is 4.31 Å². The van der Waals surface area contributed by atoms with Gasteiger partial charge in [0.25, 0.3) is 0 Å². The second kappa shape index (κ2) is 5.40. The monoisotopic (exact) mass is 289 g/mol. The third-order valence-electron chi connectivity index (χ3n) is 4.18. The van der Waals surface area contributed by atoms with Crippen LogP contribution in [0.15, 0.2) is 0 Å². The molecule has 1 heterocycles. The highest BCUT2D eigenvalue weighted by atomic mass is 32.2. The first-order chi connectivity index (χ1) is 8.83. The third kappa shape index (κ3) is 2.94. The zero-order chi connectivity index (χ0) is 14.2. The van der Waals surface area contributed by atoms with E-state index in [0.29, 0.717) is 6.42 Å². The lowest BCUT2D eigenvalue weighted by Crippen LogP contribution is -2.47. The van der Waals surface area contributed by atoms with Gasteiger partial charge in [0, 0.05) is 6.04 Å². The molecule has 1 N–H and O–H groups in total. The van der Waals surface area contributed by atoms with Crippen molar-refractivity contribution in [1.82, 2.24) is 4.31 Å². The summed E-state index contributed by atoms with van der Waals surface area (Å²) in [6.45, 7) is 3.70. The molecule has 1 saturated carbocycles. The van der Waals surface area contributed by atoms with Crippen molar-refractivity contribution in [1.29, 1.82) is 0 Å². The number of hydrogen-bond donors (Lipinski definition) is 1. The summed E-state index contributed by atoms with van der Waals surface area (Å²) in [6, 6.07) is -0.935. The Morgan fingerprint density at radius 3 is 2.53 bits per heavy atom. The Balaban J connectivity index is 2.30. The number of sulfonamides is 1. The van der Waals surface area contributed by atoms with Crippen molar-refractivity contribution in [2.24, 2.45) is 11.8 Å². The summed E-state index contributed by atoms with van der Waals surface area (Å²) in [4.78, 5) is 11.4. The molecule has 2 fully saturated rings. The Morgan fingerprint density at radius 2 is 1.95 bits per heavy atom. The topological polar surface area (TPSA) is 74.7 Å². The average Bonchev–Trinajstić information content (AvgIpc) is 2.66. The van der Waals surface area contributed by atoms with Crippen molar-refractivity contribution in [2.75, 3.05) is 5.75 Å². The van der Waals surface area contributed by atoms with E-state index in [2.05, 4.69) is 0 Å². The SMILES string of the molecule is CC(C)CS(=O)(=O)N1C(C(=O)O)CC2CCCCC21. The van der Waals surface area contributed by atoms with Crippen molar-refractivity contribution in [3.63, 3.8) is 0 Å². The van der Waals surface area contributed by atoms with Crippen molar-refractivity contribution in [3.8, 4) is 0 Å². The van der Waals surface area contributed by atoms with E-state index < -0.39 is 22.0 Å². The molecule has 0 aromatic heterocycles. The molecule has 6 heteroatoms. The fourth-order valence-corrected chi connectivity index (χ4v) is 5.81. The molecule has 2 aliphatic rings. The molecule has 0 amide bonds. The molecule has 3 atom stereocenters. The van der Waals surface area contributed by atoms with Gasteiger partial charge < -0.3 is 5.11 Å². The van der Waals surface area contributed by atoms with Gasteiger partial charge in [-0.1, -0.05) is 26.7 Å². The summed E-state index contributed by atoms with van der Waals surface area (Å²) in [6.07, 6.45) is 4.35. The van der Waals surface area contributed by atoms with E-state index in [1.165, 1.54) is 4.31 Å². The summed E-state index contributed by atoms with van der Waals surface area (Å²) in [7, 11) is -3.47. The van der Waals surface area contributed by atoms with Crippen molar-refractivity contribution in [2.45, 2.75) is 58.0 Å². The van der Waals surface area contributed by atoms with Gasteiger partial charge in [-0.05, 0) is 31.1 Å². The molecule has 19 heavy (non-hydrogen) atoms. The number of rotatable bonds is 4. The third-order valence-corrected chi connectivity index (χ3v) is 6.43. The standard InChI is InChI=1S/C13H23NO4S/c1-9(2)8-19(17,18)14-11-6-4-3-5-10(11)7-12(14)13(15)16/h9-12H,3-8H2,1-2H3,(H,15,16). The number of fused-ring (bicyclic) bond motifs is 1. The lowest BCUT2D eigenvalue weighted by Gasteiger charge is -2.32. The van der Waals surface area contributed by atoms with Gasteiger partial charge in [-0.25, -0.2) is 8.42 Å². The molecule has 1 aliphatic heterocycles. The van der Waals surface area contributed by atoms with Crippen LogP contribution in [-0.2, 0) is 14.8 Å². The predicted octanol–water partition coefficient (Wildman–Crippen LogP) is 1.69. The van der Waals surface area contributed by atoms with Gasteiger partial charge in [0.1, 0.15) is 6.04 Å². The number of carboxylic acid groups (broad SMARTS) is 1. The first kappa shape index (κ1) is 14.8. The Kier molecular flexibility index (Phi) is 4.20. The van der Waals surface area contributed by atoms with Gasteiger partial charge in [0.15, 0.2) is 0 Å². The zero-order valence-corrected chi connectivity index (χ0v) is 12.4. The van der Waals surface area contributed by atoms with Crippen LogP contribution in [0.5, 0.6) is 0 Å². The second-order valence-electron chi connectivity index (χ2n) is 6.20. The first-order valence-electron chi connectivity index (χ1n) is 7.07. The van der Waals surface area contributed by atoms with Crippen LogP contribution in [0.4, 0.5) is 0 Å². The van der Waals surface area contributed by atoms with Gasteiger partial charge >= 0.3 is 5.97 Å². The van der Waals surface area contributed by atoms with Gasteiger partial charge in [-0.3, -0.25) is 4.79 Å². The van der Waals surface area contributed by atoms with E-state index in [9.17, 15) is 18.3 Å². The minimum absolute atomic E-state index is 0.0158. The highest BCUT2D eigenvalue weighted by Crippen LogP contribution is 2.41. The lowest BCUT2D eigenvalue weighted by molar-refractivity contribution is -0.141. The average molecular weight is 289 g/mol. The minimum Gasteiger partial charge on any atom is -0.480 e. The molecule has 0 bridgehead atoms. The maximum Gasteiger partial charge on any atom is 0.322 e. The van der Waals surface area contributed by atoms with E-state index in [4.69, 9.17) is 0 Å². The molecular formula is C13H23NO4S. The van der Waals surface area contributed by atoms with Crippen molar-refractivity contribution >= 4 is 16.0 Å². The molecule has 0 radical (unpaired) electrons. The zero-order valence-electron chi connectivity index (χ0n) is 11.6. The van der Waals surface area contributed by atoms with E-state index in [-0.39, 0.29) is 23.6 Å². The number of carbonyl (C=O) groups is 1. The smallest absolute Gasteiger partial charge is 0.322 e. The van der Waals surface area contributed by atoms with Crippen LogP contribution < -0.4 is 0 Å². The van der Waals surface area contributed by atoms with Crippen LogP contribution in [0, 0.1) is 11.8 Å². The van der Waals surface area contributed by atoms with Crippen LogP contribution in [-0.4, -0.2) is 41.6 Å². The van der Waals surface area contributed by atoms with E-state index in [1.807, 2.05) is 13.8 Å². The summed E-state index contributed by atoms with van der Waals surface area (Å²) in [5.41, 5.74) is 0. The number of nitrogens with zero attached hydrogens (tertiary/aromatic N) is 1. The fraction of sp³-hybridized carbons (Fsp3) is 0.923. The Bertz CT molecular complexity index is 446. The Hall–Kier alpha value is -0.620. The van der Waals surface area contributed by atoms with Crippen LogP contribution in [0.25, 0.3) is 0 Å². The summed E-state index contributed by atoms with van der Waals surface area (Å²) >= 11 is 0. The number of carboxylic acids is 1. The molecule has 0 aromatic carbocycles. The number of aliphatic carboxylic acids is 1. The molecule has 1 saturated heterocycles. The molecule has 2 rings (SSSR count). The predicted molar refractivity (Wildman–Crippen MR) is 72.3 cm³/mol. The maximum absolute atomic E-state index is 12.5. The lowest BCUT2D eigenvalue weighted by atomic mass is 9.85. The Morgan fingerprint density at radius 1 is 1.32 bits per heavy atom. The van der Waals surface area contributed by atoms with Crippen LogP contribution in [0.1, 0.15) is 46.0 Å². The van der Waals surface area contributed by atoms with Gasteiger partial charge in [0.2, 0.25) is 10.0 Å². The van der Waals surface area contributed by atoms with Gasteiger partial charge in [-0.15, -0.1) is 0 Å². The molecule has 5 nitrogen and oxygen atoms in total. The molecule has 3 unspecified atom stereocenters. The molecule has 0 aromatic rings. The van der Waals surface area contributed by atoms with Crippen LogP contribution >= 0.6 is 0 Å². The fourth-order valence-electron chi connectivity index (χ4n) is 3.54. The summed E-state index contributed by atoms with van der Waals surface area (Å²) in [5, 5.41) is 9.32. The van der Waals surface area contributed by atoms with Crippen molar-refractivity contribution < 1.29 is 18.3 Å². The van der Waals surface area contributed by atoms with Crippen molar-refractivity contribution in [3.05, 3.63) is 0 Å². The second-order valence-corrected chi connectivity index (χ2v) is 8.12. The largest absolute Gasteiger partial charge is 0.480 e. The molecule has 0 spiro atoms. The van der Waals surface area contributed by atoms with E-state index in [1.54, 1.807) is 0 Å². The highest BCUT2D eigenvalue weighted by molar-refractivity contribution is 7.89. The minimum atomic E-state index is -3.47. The van der Waals surface area contributed by atoms with Gasteiger partial charge in [0.05, 0.1) is 5.75 Å². The maximum atomic E-state index is 12.5. The first-order valence-corrected chi connectivity index (χ1v) is 8.68. The van der Waals surface area contributed by atoms with Crippen LogP contribution in [0.3, 0.4) is 0 Å². The normalized spacial score (nSPS) is 32.5.